The van der Waals surface area contributed by atoms with Crippen molar-refractivity contribution < 1.29 is 15.0 Å². The molecule has 1 aliphatic heterocycles. The number of hydrogen-bond donors (Lipinski definition) is 2. The first-order chi connectivity index (χ1) is 10.2. The predicted octanol–water partition coefficient (Wildman–Crippen LogP) is 2.27. The van der Waals surface area contributed by atoms with Crippen LogP contribution in [0.5, 0.6) is 0 Å². The molecule has 4 heteroatoms. The Morgan fingerprint density at radius 3 is 2.10 bits per heavy atom. The van der Waals surface area contributed by atoms with Gasteiger partial charge in [-0.2, -0.15) is 0 Å². The number of carbonyl (C=O) groups excluding carboxylic acids is 1. The lowest BCUT2D eigenvalue weighted by atomic mass is 9.84. The zero-order chi connectivity index (χ0) is 15.1. The smallest absolute Gasteiger partial charge is 0.157 e. The molecule has 0 unspecified atom stereocenters. The average molecular weight is 297 g/mol. The van der Waals surface area contributed by atoms with E-state index in [-0.39, 0.29) is 19.0 Å². The zero-order valence-corrected chi connectivity index (χ0v) is 13.2. The number of aliphatic hydroxyl groups excluding tert-OH is 2. The molecule has 2 fully saturated rings. The third kappa shape index (κ3) is 3.85. The lowest BCUT2D eigenvalue weighted by molar-refractivity contribution is -0.143. The predicted molar refractivity (Wildman–Crippen MR) is 83.2 cm³/mol. The molecular formula is C17H31NO3. The molecule has 0 aromatic carbocycles. The molecule has 0 spiro atoms. The number of nitrogens with zero attached hydrogens (tertiary/aromatic N) is 1. The van der Waals surface area contributed by atoms with Crippen molar-refractivity contribution in [1.29, 1.82) is 0 Å². The lowest BCUT2D eigenvalue weighted by Crippen LogP contribution is -2.63. The second kappa shape index (κ2) is 8.25. The summed E-state index contributed by atoms with van der Waals surface area (Å²) in [7, 11) is 0. The van der Waals surface area contributed by atoms with Gasteiger partial charge in [0.15, 0.2) is 5.78 Å². The van der Waals surface area contributed by atoms with Gasteiger partial charge < -0.3 is 10.2 Å². The van der Waals surface area contributed by atoms with Crippen LogP contribution in [0.25, 0.3) is 0 Å². The highest BCUT2D eigenvalue weighted by atomic mass is 16.3. The number of hydrogen-bond acceptors (Lipinski definition) is 4. The maximum atomic E-state index is 12.6. The maximum Gasteiger partial charge on any atom is 0.157 e. The summed E-state index contributed by atoms with van der Waals surface area (Å²) in [5.41, 5.74) is -1.04. The summed E-state index contributed by atoms with van der Waals surface area (Å²) in [4.78, 5) is 14.8. The molecule has 2 aliphatic rings. The van der Waals surface area contributed by atoms with Crippen LogP contribution in [-0.4, -0.2) is 52.2 Å². The molecule has 1 aliphatic carbocycles. The number of ketones is 1. The van der Waals surface area contributed by atoms with Gasteiger partial charge in [-0.1, -0.05) is 38.5 Å². The molecule has 0 bridgehead atoms. The van der Waals surface area contributed by atoms with Crippen LogP contribution in [0.15, 0.2) is 0 Å². The van der Waals surface area contributed by atoms with Crippen LogP contribution in [0.3, 0.4) is 0 Å². The second-order valence-corrected chi connectivity index (χ2v) is 6.77. The van der Waals surface area contributed by atoms with Gasteiger partial charge in [-0.15, -0.1) is 0 Å². The van der Waals surface area contributed by atoms with Crippen LogP contribution in [0.2, 0.25) is 0 Å². The van der Waals surface area contributed by atoms with Gasteiger partial charge in [0.1, 0.15) is 5.54 Å². The minimum Gasteiger partial charge on any atom is -0.394 e. The van der Waals surface area contributed by atoms with Crippen molar-refractivity contribution in [2.24, 2.45) is 0 Å². The molecule has 1 saturated carbocycles. The summed E-state index contributed by atoms with van der Waals surface area (Å²) in [5, 5.41) is 19.9. The first-order valence-electron chi connectivity index (χ1n) is 8.76. The fourth-order valence-corrected chi connectivity index (χ4v) is 4.04. The highest BCUT2D eigenvalue weighted by molar-refractivity contribution is 5.89. The Morgan fingerprint density at radius 1 is 0.905 bits per heavy atom. The molecule has 122 valence electrons. The summed E-state index contributed by atoms with van der Waals surface area (Å²) in [6.07, 6.45) is 11.9. The van der Waals surface area contributed by atoms with Gasteiger partial charge >= 0.3 is 0 Å². The molecule has 1 saturated heterocycles. The topological polar surface area (TPSA) is 60.8 Å². The standard InChI is InChI=1S/C17H31NO3/c19-13-17(14-20)16(21)11-7-4-8-12-18(17)15-9-5-2-1-3-6-10-15/h15,19-20H,1-14H2. The van der Waals surface area contributed by atoms with Gasteiger partial charge in [0.05, 0.1) is 13.2 Å². The van der Waals surface area contributed by atoms with Crippen LogP contribution >= 0.6 is 0 Å². The van der Waals surface area contributed by atoms with E-state index in [1.807, 2.05) is 0 Å². The van der Waals surface area contributed by atoms with Gasteiger partial charge in [0, 0.05) is 12.5 Å². The maximum absolute atomic E-state index is 12.6. The molecule has 1 heterocycles. The van der Waals surface area contributed by atoms with E-state index in [1.54, 1.807) is 0 Å². The van der Waals surface area contributed by atoms with Crippen LogP contribution in [0.1, 0.15) is 70.6 Å². The first-order valence-corrected chi connectivity index (χ1v) is 8.76. The molecule has 2 rings (SSSR count). The minimum absolute atomic E-state index is 0.0364. The average Bonchev–Trinajstić information content (AvgIpc) is 2.45. The normalized spacial score (nSPS) is 26.7. The van der Waals surface area contributed by atoms with Crippen LogP contribution in [0, 0.1) is 0 Å². The molecule has 0 aromatic rings. The van der Waals surface area contributed by atoms with Crippen molar-refractivity contribution in [3.63, 3.8) is 0 Å². The van der Waals surface area contributed by atoms with Crippen molar-refractivity contribution >= 4 is 5.78 Å². The van der Waals surface area contributed by atoms with Crippen molar-refractivity contribution in [3.8, 4) is 0 Å². The molecule has 0 atom stereocenters. The largest absolute Gasteiger partial charge is 0.394 e. The number of carbonyl (C=O) groups is 1. The van der Waals surface area contributed by atoms with Gasteiger partial charge in [0.2, 0.25) is 0 Å². The zero-order valence-electron chi connectivity index (χ0n) is 13.2. The Hall–Kier alpha value is -0.450. The van der Waals surface area contributed by atoms with Gasteiger partial charge in [-0.3, -0.25) is 9.69 Å². The Morgan fingerprint density at radius 2 is 1.48 bits per heavy atom. The molecule has 21 heavy (non-hydrogen) atoms. The van der Waals surface area contributed by atoms with E-state index in [0.717, 1.165) is 38.6 Å². The molecule has 2 N–H and O–H groups in total. The lowest BCUT2D eigenvalue weighted by Gasteiger charge is -2.46. The van der Waals surface area contributed by atoms with E-state index in [2.05, 4.69) is 4.90 Å². The van der Waals surface area contributed by atoms with Crippen molar-refractivity contribution in [1.82, 2.24) is 4.90 Å². The monoisotopic (exact) mass is 297 g/mol. The first kappa shape index (κ1) is 16.9. The van der Waals surface area contributed by atoms with Gasteiger partial charge in [0.25, 0.3) is 0 Å². The number of rotatable bonds is 3. The van der Waals surface area contributed by atoms with E-state index in [0.29, 0.717) is 12.5 Å². The van der Waals surface area contributed by atoms with Crippen LogP contribution < -0.4 is 0 Å². The third-order valence-electron chi connectivity index (χ3n) is 5.41. The molecule has 0 aromatic heterocycles. The summed E-state index contributed by atoms with van der Waals surface area (Å²) in [6.45, 7) is 0.329. The number of Topliss-reactive ketones (excluding diaryl/α,β-unsaturated/α-hetero) is 1. The highest BCUT2D eigenvalue weighted by Gasteiger charge is 2.45. The van der Waals surface area contributed by atoms with Crippen molar-refractivity contribution in [2.45, 2.75) is 82.2 Å². The SMILES string of the molecule is O=C1CCCCCN(C2CCCCCCC2)C1(CO)CO. The Labute approximate surface area is 128 Å². The summed E-state index contributed by atoms with van der Waals surface area (Å²) in [5.74, 6) is 0.0364. The Balaban J connectivity index is 2.21. The van der Waals surface area contributed by atoms with E-state index in [1.165, 1.54) is 32.1 Å². The Bertz CT molecular complexity index is 320. The van der Waals surface area contributed by atoms with Gasteiger partial charge in [-0.05, 0) is 32.2 Å². The summed E-state index contributed by atoms with van der Waals surface area (Å²) >= 11 is 0. The molecular weight excluding hydrogens is 266 g/mol. The number of aliphatic hydroxyl groups is 2. The molecule has 0 radical (unpaired) electrons. The Kier molecular flexibility index (Phi) is 6.65. The molecule has 0 amide bonds. The van der Waals surface area contributed by atoms with E-state index < -0.39 is 5.54 Å². The summed E-state index contributed by atoms with van der Waals surface area (Å²) in [6, 6.07) is 0.339. The second-order valence-electron chi connectivity index (χ2n) is 6.77. The quantitative estimate of drug-likeness (QED) is 0.839. The van der Waals surface area contributed by atoms with E-state index in [4.69, 9.17) is 0 Å². The minimum atomic E-state index is -1.04. The van der Waals surface area contributed by atoms with E-state index in [9.17, 15) is 15.0 Å². The van der Waals surface area contributed by atoms with Gasteiger partial charge in [-0.25, -0.2) is 0 Å². The fraction of sp³-hybridized carbons (Fsp3) is 0.941. The van der Waals surface area contributed by atoms with Crippen molar-refractivity contribution in [3.05, 3.63) is 0 Å². The van der Waals surface area contributed by atoms with Crippen LogP contribution in [0.4, 0.5) is 0 Å². The van der Waals surface area contributed by atoms with E-state index >= 15 is 0 Å². The van der Waals surface area contributed by atoms with Crippen LogP contribution in [-0.2, 0) is 4.79 Å². The highest BCUT2D eigenvalue weighted by Crippen LogP contribution is 2.31. The third-order valence-corrected chi connectivity index (χ3v) is 5.41. The molecule has 4 nitrogen and oxygen atoms in total. The summed E-state index contributed by atoms with van der Waals surface area (Å²) < 4.78 is 0. The number of likely N-dealkylation sites (tertiary alicyclic amines) is 1. The fourth-order valence-electron chi connectivity index (χ4n) is 4.04. The van der Waals surface area contributed by atoms with Crippen molar-refractivity contribution in [2.75, 3.05) is 19.8 Å².